The molecule has 10 nitrogen and oxygen atoms in total. The van der Waals surface area contributed by atoms with Crippen molar-refractivity contribution in [2.45, 2.75) is 118 Å². The third-order valence-corrected chi connectivity index (χ3v) is 16.2. The molecule has 0 spiro atoms. The first kappa shape index (κ1) is 34.4. The molecule has 0 amide bonds. The van der Waals surface area contributed by atoms with E-state index in [4.69, 9.17) is 27.7 Å². The molecule has 12 atom stereocenters. The Morgan fingerprint density at radius 3 is 2.37 bits per heavy atom. The summed E-state index contributed by atoms with van der Waals surface area (Å²) in [5.74, 6) is -2.61. The number of Topliss-reactive ketones (excluding diaryl/α,β-unsaturated/α-hetero) is 1. The van der Waals surface area contributed by atoms with Gasteiger partial charge in [-0.2, -0.15) is 0 Å². The van der Waals surface area contributed by atoms with Crippen molar-refractivity contribution in [2.75, 3.05) is 14.2 Å². The predicted octanol–water partition coefficient (Wildman–Crippen LogP) is 3.92. The molecule has 3 rings (SSSR count). The van der Waals surface area contributed by atoms with E-state index in [-0.39, 0.29) is 34.2 Å². The molecule has 236 valence electrons. The van der Waals surface area contributed by atoms with Crippen LogP contribution in [0.5, 0.6) is 0 Å². The second-order valence-corrected chi connectivity index (χ2v) is 17.2. The van der Waals surface area contributed by atoms with Gasteiger partial charge in [0.05, 0.1) is 0 Å². The Kier molecular flexibility index (Phi) is 11.8. The Bertz CT molecular complexity index is 980. The van der Waals surface area contributed by atoms with Gasteiger partial charge >= 0.3 is 247 Å². The molecule has 3 fully saturated rings. The van der Waals surface area contributed by atoms with E-state index >= 15 is 0 Å². The fraction of sp³-hybridized carbons (Fsp3) is 0.833. The molecule has 3 aliphatic heterocycles. The van der Waals surface area contributed by atoms with Crippen LogP contribution in [-0.2, 0) is 36.4 Å². The van der Waals surface area contributed by atoms with Gasteiger partial charge in [0, 0.05) is 0 Å². The molecule has 10 unspecified atom stereocenters. The number of cyclic esters (lactones) is 1. The normalized spacial score (nSPS) is 44.1. The van der Waals surface area contributed by atoms with Gasteiger partial charge in [0.15, 0.2) is 0 Å². The van der Waals surface area contributed by atoms with Crippen LogP contribution in [0.25, 0.3) is 0 Å². The van der Waals surface area contributed by atoms with E-state index in [0.29, 0.717) is 18.4 Å². The molecule has 0 bridgehead atoms. The van der Waals surface area contributed by atoms with Crippen molar-refractivity contribution in [3.63, 3.8) is 0 Å². The standard InChI is InChI=1S/C30H51IN2O8/c1-11-23-31-24(20(7)28(36)41-31)19(6)26(34)16(3)14-30(8,37-10)22(12-15(2)18(5)27(35)40-23)39-29-25(32)21(33-9)13-17(4)38-29/h16-25,29,33H,2,11-14,32H2,1,3-10H3/t16-,17?,18?,19?,20?,21?,22-,23?,24?,25?,29?,30?/m1/s1. The minimum absolute atomic E-state index is 0.00327. The quantitative estimate of drug-likeness (QED) is 0.189. The van der Waals surface area contributed by atoms with Crippen LogP contribution >= 0.6 is 20.2 Å². The number of hydrogen-bond acceptors (Lipinski definition) is 10. The van der Waals surface area contributed by atoms with Crippen molar-refractivity contribution in [2.24, 2.45) is 29.4 Å². The van der Waals surface area contributed by atoms with Crippen molar-refractivity contribution in [1.29, 1.82) is 0 Å². The van der Waals surface area contributed by atoms with Gasteiger partial charge in [0.25, 0.3) is 0 Å². The van der Waals surface area contributed by atoms with Gasteiger partial charge in [-0.15, -0.1) is 0 Å². The van der Waals surface area contributed by atoms with E-state index in [2.05, 4.69) is 11.9 Å². The topological polar surface area (TPSA) is 135 Å². The third kappa shape index (κ3) is 7.34. The Morgan fingerprint density at radius 2 is 1.78 bits per heavy atom. The molecule has 0 radical (unpaired) electrons. The molecular formula is C30H51IN2O8. The summed E-state index contributed by atoms with van der Waals surface area (Å²) in [4.78, 5) is 40.1. The van der Waals surface area contributed by atoms with Gasteiger partial charge in [-0.1, -0.05) is 0 Å². The monoisotopic (exact) mass is 694 g/mol. The summed E-state index contributed by atoms with van der Waals surface area (Å²) >= 11 is -2.67. The molecule has 3 heterocycles. The van der Waals surface area contributed by atoms with Crippen molar-refractivity contribution in [3.05, 3.63) is 12.2 Å². The van der Waals surface area contributed by atoms with Gasteiger partial charge in [-0.25, -0.2) is 0 Å². The number of ether oxygens (including phenoxy) is 4. The minimum atomic E-state index is -2.67. The number of nitrogens with one attached hydrogen (secondary N) is 1. The summed E-state index contributed by atoms with van der Waals surface area (Å²) in [7, 11) is 3.47. The third-order valence-electron chi connectivity index (χ3n) is 9.15. The number of esters is 1. The number of methoxy groups -OCH3 is 1. The van der Waals surface area contributed by atoms with Crippen molar-refractivity contribution >= 4 is 38.0 Å². The second kappa shape index (κ2) is 14.1. The summed E-state index contributed by atoms with van der Waals surface area (Å²) in [5.41, 5.74) is 6.24. The van der Waals surface area contributed by atoms with E-state index < -0.39 is 78.0 Å². The van der Waals surface area contributed by atoms with Gasteiger partial charge in [0.2, 0.25) is 0 Å². The summed E-state index contributed by atoms with van der Waals surface area (Å²) in [6, 6.07) is -0.439. The van der Waals surface area contributed by atoms with E-state index in [0.717, 1.165) is 6.42 Å². The van der Waals surface area contributed by atoms with Crippen LogP contribution in [0.3, 0.4) is 0 Å². The predicted molar refractivity (Wildman–Crippen MR) is 164 cm³/mol. The Hall–Kier alpha value is -1.12. The average molecular weight is 695 g/mol. The number of likely N-dealkylation sites (N-methyl/N-ethyl adjacent to an activating group) is 1. The van der Waals surface area contributed by atoms with Crippen LogP contribution in [0.4, 0.5) is 0 Å². The number of hydrogen-bond donors (Lipinski definition) is 2. The summed E-state index contributed by atoms with van der Waals surface area (Å²) in [5, 5.41) is 3.26. The number of fused-ring (bicyclic) bond motifs is 1. The van der Waals surface area contributed by atoms with Crippen LogP contribution < -0.4 is 11.1 Å². The Balaban J connectivity index is 2.02. The fourth-order valence-electron chi connectivity index (χ4n) is 6.19. The fourth-order valence-corrected chi connectivity index (χ4v) is 12.7. The molecule has 3 N–H and O–H groups in total. The average Bonchev–Trinajstić information content (AvgIpc) is 3.23. The van der Waals surface area contributed by atoms with Crippen LogP contribution in [0.15, 0.2) is 12.2 Å². The molecule has 41 heavy (non-hydrogen) atoms. The second-order valence-electron chi connectivity index (χ2n) is 12.2. The number of carbonyl (C=O) groups excluding carboxylic acids is 3. The number of halogens is 1. The van der Waals surface area contributed by atoms with Crippen molar-refractivity contribution in [1.82, 2.24) is 5.32 Å². The van der Waals surface area contributed by atoms with Gasteiger partial charge in [-0.3, -0.25) is 0 Å². The molecule has 3 saturated heterocycles. The maximum atomic E-state index is 13.9. The SMILES string of the molecule is C=C1C[C@@H](OC2OC(C)CC(NC)C2N)C(C)(OC)C[C@@H](C)C(=O)C(C)C2C(C)C(=O)OI2C(CC)OC(=O)C1C. The summed E-state index contributed by atoms with van der Waals surface area (Å²) in [6.45, 7) is 17.4. The molecule has 0 aromatic carbocycles. The number of rotatable bonds is 5. The van der Waals surface area contributed by atoms with Gasteiger partial charge in [0.1, 0.15) is 0 Å². The van der Waals surface area contributed by atoms with Crippen LogP contribution in [-0.4, -0.2) is 76.1 Å². The maximum absolute atomic E-state index is 13.9. The number of ketones is 1. The number of alkyl halides is 2. The molecule has 0 saturated carbocycles. The van der Waals surface area contributed by atoms with E-state index in [1.807, 2.05) is 48.6 Å². The number of nitrogens with two attached hydrogens (primary N) is 1. The van der Waals surface area contributed by atoms with Crippen molar-refractivity contribution in [3.8, 4) is 0 Å². The van der Waals surface area contributed by atoms with Crippen molar-refractivity contribution < 1.29 is 36.4 Å². The van der Waals surface area contributed by atoms with E-state index in [9.17, 15) is 14.4 Å². The van der Waals surface area contributed by atoms with Gasteiger partial charge in [-0.05, 0) is 7.05 Å². The molecule has 0 aliphatic carbocycles. The first-order chi connectivity index (χ1) is 19.2. The molecular weight excluding hydrogens is 643 g/mol. The van der Waals surface area contributed by atoms with E-state index in [1.54, 1.807) is 14.0 Å². The summed E-state index contributed by atoms with van der Waals surface area (Å²) < 4.78 is 30.0. The number of carbonyl (C=O) groups is 3. The molecule has 3 aliphatic rings. The Morgan fingerprint density at radius 1 is 1.12 bits per heavy atom. The first-order valence-electron chi connectivity index (χ1n) is 14.8. The summed E-state index contributed by atoms with van der Waals surface area (Å²) in [6.07, 6.45) is 0.464. The molecule has 11 heteroatoms. The van der Waals surface area contributed by atoms with Gasteiger partial charge < -0.3 is 0 Å². The zero-order valence-corrected chi connectivity index (χ0v) is 28.3. The van der Waals surface area contributed by atoms with Crippen LogP contribution in [0.1, 0.15) is 74.1 Å². The van der Waals surface area contributed by atoms with E-state index in [1.165, 1.54) is 0 Å². The van der Waals surface area contributed by atoms with Crippen LogP contribution in [0, 0.1) is 23.7 Å². The first-order valence-corrected chi connectivity index (χ1v) is 18.2. The molecule has 0 aromatic heterocycles. The zero-order chi connectivity index (χ0) is 30.8. The van der Waals surface area contributed by atoms with Crippen LogP contribution in [0.2, 0.25) is 0 Å². The Labute approximate surface area is 253 Å². The molecule has 0 aromatic rings. The zero-order valence-electron chi connectivity index (χ0n) is 26.1.